The molecule has 0 aliphatic heterocycles. The molecule has 0 saturated carbocycles. The molecule has 3 N–H and O–H groups in total. The molecule has 3 unspecified atom stereocenters. The summed E-state index contributed by atoms with van der Waals surface area (Å²) in [6.45, 7) is 1.97. The van der Waals surface area contributed by atoms with E-state index >= 15 is 0 Å². The van der Waals surface area contributed by atoms with E-state index in [4.69, 9.17) is 5.11 Å². The highest BCUT2D eigenvalue weighted by atomic mass is 32.2. The topological polar surface area (TPSA) is 95.5 Å². The minimum Gasteiger partial charge on any atom is -0.479 e. The van der Waals surface area contributed by atoms with Crippen LogP contribution in [0.25, 0.3) is 0 Å². The van der Waals surface area contributed by atoms with Crippen LogP contribution < -0.4 is 10.6 Å². The van der Waals surface area contributed by atoms with Crippen molar-refractivity contribution in [2.45, 2.75) is 18.2 Å². The lowest BCUT2D eigenvalue weighted by Gasteiger charge is -2.15. The first-order valence-electron chi connectivity index (χ1n) is 5.54. The van der Waals surface area contributed by atoms with Crippen molar-refractivity contribution in [1.29, 1.82) is 0 Å². The molecule has 0 aliphatic carbocycles. The molecular weight excluding hydrogens is 288 g/mol. The fraction of sp³-hybridized carbons (Fsp3) is 0.455. The highest BCUT2D eigenvalue weighted by molar-refractivity contribution is 7.84. The van der Waals surface area contributed by atoms with E-state index in [0.717, 1.165) is 0 Å². The zero-order chi connectivity index (χ0) is 14.4. The summed E-state index contributed by atoms with van der Waals surface area (Å²) in [6.07, 6.45) is 1.55. The van der Waals surface area contributed by atoms with Gasteiger partial charge in [-0.15, -0.1) is 11.3 Å². The van der Waals surface area contributed by atoms with Crippen LogP contribution in [0.3, 0.4) is 0 Å². The van der Waals surface area contributed by atoms with Crippen LogP contribution in [0.5, 0.6) is 0 Å². The van der Waals surface area contributed by atoms with Gasteiger partial charge in [-0.25, -0.2) is 9.59 Å². The number of carboxylic acid groups (broad SMARTS) is 1. The molecule has 1 aromatic heterocycles. The van der Waals surface area contributed by atoms with Crippen molar-refractivity contribution in [3.8, 4) is 0 Å². The summed E-state index contributed by atoms with van der Waals surface area (Å²) in [4.78, 5) is 23.2. The van der Waals surface area contributed by atoms with Gasteiger partial charge in [0.15, 0.2) is 6.04 Å². The van der Waals surface area contributed by atoms with Gasteiger partial charge in [-0.05, 0) is 18.4 Å². The third kappa shape index (κ3) is 4.99. The van der Waals surface area contributed by atoms with E-state index in [2.05, 4.69) is 10.6 Å². The van der Waals surface area contributed by atoms with E-state index in [9.17, 15) is 13.8 Å². The fourth-order valence-electron chi connectivity index (χ4n) is 1.25. The molecule has 8 heteroatoms. The van der Waals surface area contributed by atoms with Gasteiger partial charge in [0.25, 0.3) is 0 Å². The van der Waals surface area contributed by atoms with Crippen molar-refractivity contribution in [2.75, 3.05) is 12.8 Å². The largest absolute Gasteiger partial charge is 0.479 e. The van der Waals surface area contributed by atoms with Crippen molar-refractivity contribution < 1.29 is 18.9 Å². The molecule has 0 bridgehead atoms. The second-order valence-electron chi connectivity index (χ2n) is 3.95. The van der Waals surface area contributed by atoms with Gasteiger partial charge >= 0.3 is 12.0 Å². The quantitative estimate of drug-likeness (QED) is 0.729. The summed E-state index contributed by atoms with van der Waals surface area (Å²) in [5.74, 6) is -1.12. The average Bonchev–Trinajstić information content (AvgIpc) is 2.85. The Balaban J connectivity index is 2.54. The van der Waals surface area contributed by atoms with E-state index in [1.165, 1.54) is 11.3 Å². The molecule has 0 aromatic carbocycles. The zero-order valence-electron chi connectivity index (χ0n) is 10.6. The number of carbonyl (C=O) groups excluding carboxylic acids is 1. The summed E-state index contributed by atoms with van der Waals surface area (Å²) in [5, 5.41) is 15.5. The van der Waals surface area contributed by atoms with Crippen LogP contribution in [0.2, 0.25) is 0 Å². The first-order valence-corrected chi connectivity index (χ1v) is 8.04. The summed E-state index contributed by atoms with van der Waals surface area (Å²) >= 11 is 1.26. The Bertz CT molecular complexity index is 461. The Hall–Kier alpha value is -1.41. The third-order valence-corrected chi connectivity index (χ3v) is 4.70. The van der Waals surface area contributed by atoms with Crippen molar-refractivity contribution in [3.63, 3.8) is 0 Å². The molecule has 0 fully saturated rings. The number of hydrogen-bond acceptors (Lipinski definition) is 4. The Morgan fingerprint density at radius 1 is 1.53 bits per heavy atom. The number of rotatable bonds is 6. The first kappa shape index (κ1) is 15.6. The highest BCUT2D eigenvalue weighted by Crippen LogP contribution is 2.18. The third-order valence-electron chi connectivity index (χ3n) is 2.47. The molecule has 1 rings (SSSR count). The van der Waals surface area contributed by atoms with Crippen molar-refractivity contribution >= 4 is 34.1 Å². The van der Waals surface area contributed by atoms with Gasteiger partial charge in [0, 0.05) is 33.7 Å². The van der Waals surface area contributed by atoms with E-state index in [1.807, 2.05) is 0 Å². The average molecular weight is 304 g/mol. The number of urea groups is 1. The van der Waals surface area contributed by atoms with E-state index < -0.39 is 28.8 Å². The minimum atomic E-state index is -1.12. The van der Waals surface area contributed by atoms with Gasteiger partial charge in [-0.2, -0.15) is 0 Å². The summed E-state index contributed by atoms with van der Waals surface area (Å²) < 4.78 is 11.1. The Labute approximate surface area is 117 Å². The molecule has 6 nitrogen and oxygen atoms in total. The van der Waals surface area contributed by atoms with Crippen molar-refractivity contribution in [1.82, 2.24) is 10.6 Å². The maximum atomic E-state index is 11.6. The van der Waals surface area contributed by atoms with Gasteiger partial charge in [0.2, 0.25) is 0 Å². The number of carbonyl (C=O) groups is 2. The molecule has 0 spiro atoms. The lowest BCUT2D eigenvalue weighted by molar-refractivity contribution is -0.139. The monoisotopic (exact) mass is 304 g/mol. The van der Waals surface area contributed by atoms with E-state index in [0.29, 0.717) is 4.88 Å². The highest BCUT2D eigenvalue weighted by Gasteiger charge is 2.23. The van der Waals surface area contributed by atoms with E-state index in [-0.39, 0.29) is 11.8 Å². The first-order chi connectivity index (χ1) is 8.91. The van der Waals surface area contributed by atoms with Gasteiger partial charge < -0.3 is 15.7 Å². The summed E-state index contributed by atoms with van der Waals surface area (Å²) in [7, 11) is -1.03. The number of aliphatic carboxylic acids is 1. The van der Waals surface area contributed by atoms with Crippen LogP contribution in [0.4, 0.5) is 4.79 Å². The SMILES string of the molecule is CC(CNC(=O)NC(C(=O)O)c1cccs1)S(C)=O. The van der Waals surface area contributed by atoms with Gasteiger partial charge in [-0.1, -0.05) is 6.07 Å². The predicted octanol–water partition coefficient (Wildman–Crippen LogP) is 0.940. The number of hydrogen-bond donors (Lipinski definition) is 3. The predicted molar refractivity (Wildman–Crippen MR) is 74.8 cm³/mol. The molecule has 0 radical (unpaired) electrons. The molecule has 0 aliphatic rings. The molecule has 19 heavy (non-hydrogen) atoms. The van der Waals surface area contributed by atoms with Crippen LogP contribution in [0.15, 0.2) is 17.5 Å². The molecule has 3 atom stereocenters. The van der Waals surface area contributed by atoms with E-state index in [1.54, 1.807) is 30.7 Å². The molecule has 2 amide bonds. The van der Waals surface area contributed by atoms with Crippen LogP contribution in [0.1, 0.15) is 17.8 Å². The number of carboxylic acids is 1. The maximum absolute atomic E-state index is 11.6. The van der Waals surface area contributed by atoms with Crippen molar-refractivity contribution in [3.05, 3.63) is 22.4 Å². The Morgan fingerprint density at radius 2 is 2.21 bits per heavy atom. The van der Waals surface area contributed by atoms with Crippen LogP contribution in [-0.2, 0) is 15.6 Å². The minimum absolute atomic E-state index is 0.184. The lowest BCUT2D eigenvalue weighted by Crippen LogP contribution is -2.43. The van der Waals surface area contributed by atoms with Crippen LogP contribution in [0, 0.1) is 0 Å². The molecule has 1 aromatic rings. The van der Waals surface area contributed by atoms with Crippen LogP contribution in [-0.4, -0.2) is 39.4 Å². The van der Waals surface area contributed by atoms with Gasteiger partial charge in [0.05, 0.1) is 0 Å². The smallest absolute Gasteiger partial charge is 0.331 e. The molecule has 0 saturated heterocycles. The lowest BCUT2D eigenvalue weighted by atomic mass is 10.2. The second kappa shape index (κ2) is 7.25. The number of thiophene rings is 1. The standard InChI is InChI=1S/C11H16N2O4S2/c1-7(19(2)17)6-12-11(16)13-9(10(14)15)8-4-3-5-18-8/h3-5,7,9H,6H2,1-2H3,(H,14,15)(H2,12,13,16). The Kier molecular flexibility index (Phi) is 5.97. The maximum Gasteiger partial charge on any atom is 0.331 e. The second-order valence-corrected chi connectivity index (χ2v) is 6.73. The molecule has 106 valence electrons. The number of nitrogens with one attached hydrogen (secondary N) is 2. The summed E-state index contributed by atoms with van der Waals surface area (Å²) in [6, 6.07) is 1.71. The van der Waals surface area contributed by atoms with Gasteiger partial charge in [-0.3, -0.25) is 4.21 Å². The van der Waals surface area contributed by atoms with Gasteiger partial charge in [0.1, 0.15) is 0 Å². The number of amides is 2. The van der Waals surface area contributed by atoms with Crippen molar-refractivity contribution in [2.24, 2.45) is 0 Å². The fourth-order valence-corrected chi connectivity index (χ4v) is 2.33. The Morgan fingerprint density at radius 3 is 2.68 bits per heavy atom. The summed E-state index contributed by atoms with van der Waals surface area (Å²) in [5.41, 5.74) is 0. The molecular formula is C11H16N2O4S2. The van der Waals surface area contributed by atoms with Crippen LogP contribution >= 0.6 is 11.3 Å². The molecule has 1 heterocycles. The normalized spacial score (nSPS) is 15.3. The zero-order valence-corrected chi connectivity index (χ0v) is 12.2.